The minimum absolute atomic E-state index is 0.355. The molecule has 0 aliphatic carbocycles. The van der Waals surface area contributed by atoms with Gasteiger partial charge in [-0.1, -0.05) is 0 Å². The van der Waals surface area contributed by atoms with E-state index < -0.39 is 35.4 Å². The number of ether oxygens (including phenoxy) is 1. The maximum absolute atomic E-state index is 12.0. The average Bonchev–Trinajstić information content (AvgIpc) is 2.35. The first-order valence-electron chi connectivity index (χ1n) is 6.49. The molecule has 0 unspecified atom stereocenters. The number of methoxy groups -OCH3 is 1. The van der Waals surface area contributed by atoms with Gasteiger partial charge in [-0.25, -0.2) is 4.79 Å². The van der Waals surface area contributed by atoms with Crippen molar-refractivity contribution in [1.29, 1.82) is 0 Å². The van der Waals surface area contributed by atoms with Gasteiger partial charge in [0.1, 0.15) is 17.6 Å². The smallest absolute Gasteiger partial charge is 0.328 e. The monoisotopic (exact) mass is 301 g/mol. The molecule has 0 spiro atoms. The van der Waals surface area contributed by atoms with Gasteiger partial charge in [0.25, 0.3) is 0 Å². The number of esters is 1. The average molecular weight is 301 g/mol. The summed E-state index contributed by atoms with van der Waals surface area (Å²) in [6.07, 6.45) is 0. The molecular weight excluding hydrogens is 278 g/mol. The van der Waals surface area contributed by atoms with Gasteiger partial charge in [-0.3, -0.25) is 14.4 Å². The standard InChI is InChI=1S/C13H23N3O5/c1-7(10(18)14-8(2)11(19)21-6)15-12(20)13(4,5)16-9(3)17/h7-8H,1-6H3,(H,14,18)(H,15,20)(H,16,17)/t7-,8-/m0/s1. The molecule has 8 nitrogen and oxygen atoms in total. The topological polar surface area (TPSA) is 114 Å². The SMILES string of the molecule is COC(=O)[C@H](C)NC(=O)[C@H](C)NC(=O)C(C)(C)NC(C)=O. The zero-order valence-corrected chi connectivity index (χ0v) is 13.2. The normalized spacial score (nSPS) is 13.6. The van der Waals surface area contributed by atoms with Crippen LogP contribution in [-0.4, -0.2) is 48.4 Å². The van der Waals surface area contributed by atoms with Crippen LogP contribution >= 0.6 is 0 Å². The molecule has 0 heterocycles. The molecule has 0 aromatic heterocycles. The predicted octanol–water partition coefficient (Wildman–Crippen LogP) is -0.916. The van der Waals surface area contributed by atoms with E-state index >= 15 is 0 Å². The van der Waals surface area contributed by atoms with E-state index in [2.05, 4.69) is 20.7 Å². The van der Waals surface area contributed by atoms with E-state index in [0.717, 1.165) is 0 Å². The van der Waals surface area contributed by atoms with Crippen LogP contribution in [0.15, 0.2) is 0 Å². The Morgan fingerprint density at radius 1 is 1.00 bits per heavy atom. The lowest BCUT2D eigenvalue weighted by Gasteiger charge is -2.26. The summed E-state index contributed by atoms with van der Waals surface area (Å²) in [5, 5.41) is 7.36. The molecule has 8 heteroatoms. The first kappa shape index (κ1) is 18.9. The second kappa shape index (κ2) is 7.61. The van der Waals surface area contributed by atoms with Crippen LogP contribution in [0.2, 0.25) is 0 Å². The highest BCUT2D eigenvalue weighted by molar-refractivity contribution is 5.94. The maximum atomic E-state index is 12.0. The molecule has 3 amide bonds. The van der Waals surface area contributed by atoms with Crippen molar-refractivity contribution in [3.8, 4) is 0 Å². The summed E-state index contributed by atoms with van der Waals surface area (Å²) in [6.45, 7) is 7.28. The molecule has 0 saturated carbocycles. The minimum Gasteiger partial charge on any atom is -0.467 e. The fourth-order valence-corrected chi connectivity index (χ4v) is 1.51. The molecule has 21 heavy (non-hydrogen) atoms. The Balaban J connectivity index is 4.57. The number of carbonyl (C=O) groups is 4. The van der Waals surface area contributed by atoms with E-state index in [1.54, 1.807) is 0 Å². The third kappa shape index (κ3) is 6.24. The van der Waals surface area contributed by atoms with Gasteiger partial charge in [0.15, 0.2) is 0 Å². The summed E-state index contributed by atoms with van der Waals surface area (Å²) < 4.78 is 4.48. The fraction of sp³-hybridized carbons (Fsp3) is 0.692. The van der Waals surface area contributed by atoms with Crippen LogP contribution in [0.5, 0.6) is 0 Å². The first-order chi connectivity index (χ1) is 9.51. The molecule has 0 saturated heterocycles. The van der Waals surface area contributed by atoms with Crippen molar-refractivity contribution in [3.63, 3.8) is 0 Å². The molecule has 120 valence electrons. The Hall–Kier alpha value is -2.12. The zero-order valence-electron chi connectivity index (χ0n) is 13.2. The molecule has 3 N–H and O–H groups in total. The van der Waals surface area contributed by atoms with E-state index in [0.29, 0.717) is 0 Å². The van der Waals surface area contributed by atoms with Crippen molar-refractivity contribution in [3.05, 3.63) is 0 Å². The fourth-order valence-electron chi connectivity index (χ4n) is 1.51. The molecule has 2 atom stereocenters. The molecule has 0 bridgehead atoms. The molecule has 0 rings (SSSR count). The molecule has 0 aliphatic heterocycles. The minimum atomic E-state index is -1.14. The summed E-state index contributed by atoms with van der Waals surface area (Å²) in [4.78, 5) is 46.0. The third-order valence-electron chi connectivity index (χ3n) is 2.71. The zero-order chi connectivity index (χ0) is 16.8. The van der Waals surface area contributed by atoms with Gasteiger partial charge >= 0.3 is 5.97 Å². The van der Waals surface area contributed by atoms with Crippen molar-refractivity contribution in [2.75, 3.05) is 7.11 Å². The summed E-state index contributed by atoms with van der Waals surface area (Å²) in [5.41, 5.74) is -1.14. The number of hydrogen-bond donors (Lipinski definition) is 3. The van der Waals surface area contributed by atoms with Gasteiger partial charge < -0.3 is 20.7 Å². The molecule has 0 aromatic carbocycles. The van der Waals surface area contributed by atoms with E-state index in [9.17, 15) is 19.2 Å². The molecule has 0 radical (unpaired) electrons. The quantitative estimate of drug-likeness (QED) is 0.549. The van der Waals surface area contributed by atoms with Crippen LogP contribution in [0.3, 0.4) is 0 Å². The van der Waals surface area contributed by atoms with Crippen molar-refractivity contribution in [1.82, 2.24) is 16.0 Å². The summed E-state index contributed by atoms with van der Waals surface area (Å²) in [6, 6.07) is -1.68. The Labute approximate surface area is 124 Å². The lowest BCUT2D eigenvalue weighted by molar-refractivity contribution is -0.144. The third-order valence-corrected chi connectivity index (χ3v) is 2.71. The number of rotatable bonds is 6. The number of nitrogens with one attached hydrogen (secondary N) is 3. The van der Waals surface area contributed by atoms with Crippen molar-refractivity contribution >= 4 is 23.7 Å². The van der Waals surface area contributed by atoms with E-state index in [1.165, 1.54) is 41.7 Å². The summed E-state index contributed by atoms with van der Waals surface area (Å²) in [5.74, 6) is -1.97. The lowest BCUT2D eigenvalue weighted by Crippen LogP contribution is -2.58. The number of carbonyl (C=O) groups excluding carboxylic acids is 4. The Kier molecular flexibility index (Phi) is 6.84. The molecule has 0 aromatic rings. The lowest BCUT2D eigenvalue weighted by atomic mass is 10.0. The van der Waals surface area contributed by atoms with Crippen molar-refractivity contribution < 1.29 is 23.9 Å². The first-order valence-corrected chi connectivity index (χ1v) is 6.49. The predicted molar refractivity (Wildman–Crippen MR) is 75.1 cm³/mol. The van der Waals surface area contributed by atoms with Crippen LogP contribution in [-0.2, 0) is 23.9 Å². The highest BCUT2D eigenvalue weighted by atomic mass is 16.5. The van der Waals surface area contributed by atoms with Crippen LogP contribution < -0.4 is 16.0 Å². The van der Waals surface area contributed by atoms with Crippen molar-refractivity contribution in [2.24, 2.45) is 0 Å². The molecule has 0 fully saturated rings. The van der Waals surface area contributed by atoms with E-state index in [-0.39, 0.29) is 5.91 Å². The van der Waals surface area contributed by atoms with Gasteiger partial charge in [0, 0.05) is 6.92 Å². The molecule has 0 aliphatic rings. The van der Waals surface area contributed by atoms with Gasteiger partial charge in [-0.2, -0.15) is 0 Å². The van der Waals surface area contributed by atoms with Crippen LogP contribution in [0, 0.1) is 0 Å². The van der Waals surface area contributed by atoms with Crippen LogP contribution in [0.1, 0.15) is 34.6 Å². The van der Waals surface area contributed by atoms with Gasteiger partial charge in [0.2, 0.25) is 17.7 Å². The molecular formula is C13H23N3O5. The number of amides is 3. The van der Waals surface area contributed by atoms with Crippen LogP contribution in [0.4, 0.5) is 0 Å². The van der Waals surface area contributed by atoms with E-state index in [1.807, 2.05) is 0 Å². The highest BCUT2D eigenvalue weighted by Crippen LogP contribution is 2.03. The Bertz CT molecular complexity index is 434. The van der Waals surface area contributed by atoms with Gasteiger partial charge in [-0.05, 0) is 27.7 Å². The summed E-state index contributed by atoms with van der Waals surface area (Å²) >= 11 is 0. The van der Waals surface area contributed by atoms with Gasteiger partial charge in [0.05, 0.1) is 7.11 Å². The summed E-state index contributed by atoms with van der Waals surface area (Å²) in [7, 11) is 1.21. The maximum Gasteiger partial charge on any atom is 0.328 e. The van der Waals surface area contributed by atoms with E-state index in [4.69, 9.17) is 0 Å². The second-order valence-corrected chi connectivity index (χ2v) is 5.25. The van der Waals surface area contributed by atoms with Crippen molar-refractivity contribution in [2.45, 2.75) is 52.2 Å². The van der Waals surface area contributed by atoms with Gasteiger partial charge in [-0.15, -0.1) is 0 Å². The highest BCUT2D eigenvalue weighted by Gasteiger charge is 2.31. The number of hydrogen-bond acceptors (Lipinski definition) is 5. The Morgan fingerprint density at radius 2 is 1.52 bits per heavy atom. The second-order valence-electron chi connectivity index (χ2n) is 5.25. The Morgan fingerprint density at radius 3 is 1.95 bits per heavy atom. The largest absolute Gasteiger partial charge is 0.467 e. The van der Waals surface area contributed by atoms with Crippen LogP contribution in [0.25, 0.3) is 0 Å².